The Morgan fingerprint density at radius 2 is 1.71 bits per heavy atom. The van der Waals surface area contributed by atoms with Crippen LogP contribution in [0.5, 0.6) is 11.5 Å². The Morgan fingerprint density at radius 1 is 0.964 bits per heavy atom. The Bertz CT molecular complexity index is 932. The molecule has 3 aromatic carbocycles. The van der Waals surface area contributed by atoms with Crippen molar-refractivity contribution in [2.75, 3.05) is 11.9 Å². The summed E-state index contributed by atoms with van der Waals surface area (Å²) in [5.41, 5.74) is 2.09. The van der Waals surface area contributed by atoms with Crippen molar-refractivity contribution in [3.8, 4) is 11.5 Å². The second kappa shape index (κ2) is 9.42. The van der Waals surface area contributed by atoms with Crippen LogP contribution in [-0.4, -0.2) is 6.61 Å². The summed E-state index contributed by atoms with van der Waals surface area (Å²) in [4.78, 5) is 0. The summed E-state index contributed by atoms with van der Waals surface area (Å²) in [7, 11) is 0. The molecule has 0 atom stereocenters. The van der Waals surface area contributed by atoms with Gasteiger partial charge in [-0.2, -0.15) is 0 Å². The lowest BCUT2D eigenvalue weighted by Crippen LogP contribution is -2.04. The molecule has 3 rings (SSSR count). The van der Waals surface area contributed by atoms with E-state index in [-0.39, 0.29) is 18.2 Å². The summed E-state index contributed by atoms with van der Waals surface area (Å²) in [6.45, 7) is 2.80. The number of hydrogen-bond acceptors (Lipinski definition) is 3. The Balaban J connectivity index is 1.75. The number of rotatable bonds is 8. The van der Waals surface area contributed by atoms with E-state index < -0.39 is 0 Å². The third-order valence-electron chi connectivity index (χ3n) is 4.04. The molecule has 0 unspecified atom stereocenters. The molecule has 0 aromatic heterocycles. The maximum atomic E-state index is 13.8. The minimum atomic E-state index is -0.336. The van der Waals surface area contributed by atoms with Crippen molar-refractivity contribution in [1.82, 2.24) is 0 Å². The fourth-order valence-electron chi connectivity index (χ4n) is 2.66. The van der Waals surface area contributed by atoms with Crippen molar-refractivity contribution in [2.24, 2.45) is 0 Å². The van der Waals surface area contributed by atoms with Gasteiger partial charge in [0.2, 0.25) is 0 Å². The van der Waals surface area contributed by atoms with Gasteiger partial charge in [0.05, 0.1) is 11.6 Å². The molecule has 0 spiro atoms. The van der Waals surface area contributed by atoms with E-state index in [1.54, 1.807) is 36.4 Å². The molecule has 3 aromatic rings. The van der Waals surface area contributed by atoms with Crippen LogP contribution in [0.2, 0.25) is 5.02 Å². The smallest absolute Gasteiger partial charge is 0.180 e. The monoisotopic (exact) mass is 403 g/mol. The molecule has 28 heavy (non-hydrogen) atoms. The van der Waals surface area contributed by atoms with E-state index >= 15 is 0 Å². The number of ether oxygens (including phenoxy) is 2. The third kappa shape index (κ3) is 5.14. The minimum Gasteiger partial charge on any atom is -0.490 e. The van der Waals surface area contributed by atoms with Gasteiger partial charge in [0.1, 0.15) is 18.2 Å². The lowest BCUT2D eigenvalue weighted by atomic mass is 10.2. The molecule has 0 heterocycles. The normalized spacial score (nSPS) is 10.6. The van der Waals surface area contributed by atoms with Crippen LogP contribution < -0.4 is 14.8 Å². The van der Waals surface area contributed by atoms with Crippen LogP contribution in [0.15, 0.2) is 60.7 Å². The molecule has 0 fully saturated rings. The van der Waals surface area contributed by atoms with Gasteiger partial charge < -0.3 is 14.8 Å². The molecule has 0 aliphatic heterocycles. The lowest BCUT2D eigenvalue weighted by molar-refractivity contribution is 0.266. The number of anilines is 1. The summed E-state index contributed by atoms with van der Waals surface area (Å²) >= 11 is 6.40. The highest BCUT2D eigenvalue weighted by Gasteiger charge is 2.14. The fraction of sp³-hybridized carbons (Fsp3) is 0.182. The molecule has 146 valence electrons. The maximum Gasteiger partial charge on any atom is 0.180 e. The van der Waals surface area contributed by atoms with Gasteiger partial charge in [0.15, 0.2) is 11.5 Å². The van der Waals surface area contributed by atoms with Gasteiger partial charge in [-0.15, -0.1) is 0 Å². The van der Waals surface area contributed by atoms with E-state index in [4.69, 9.17) is 21.1 Å². The predicted molar refractivity (Wildman–Crippen MR) is 107 cm³/mol. The first-order valence-electron chi connectivity index (χ1n) is 8.87. The van der Waals surface area contributed by atoms with Crippen molar-refractivity contribution < 1.29 is 18.3 Å². The topological polar surface area (TPSA) is 30.5 Å². The minimum absolute atomic E-state index is 0.0413. The molecule has 0 aliphatic rings. The zero-order valence-electron chi connectivity index (χ0n) is 15.3. The second-order valence-electron chi connectivity index (χ2n) is 6.08. The van der Waals surface area contributed by atoms with Gasteiger partial charge in [0.25, 0.3) is 0 Å². The number of hydrogen-bond donors (Lipinski definition) is 1. The highest BCUT2D eigenvalue weighted by Crippen LogP contribution is 2.37. The lowest BCUT2D eigenvalue weighted by Gasteiger charge is -2.16. The van der Waals surface area contributed by atoms with Crippen LogP contribution in [-0.2, 0) is 13.2 Å². The van der Waals surface area contributed by atoms with E-state index in [1.165, 1.54) is 18.2 Å². The SMILES string of the molecule is CCOc1cc(CNc2ccc(F)cc2)cc(Cl)c1OCc1ccccc1F. The van der Waals surface area contributed by atoms with Crippen molar-refractivity contribution >= 4 is 17.3 Å². The highest BCUT2D eigenvalue weighted by atomic mass is 35.5. The molecular weight excluding hydrogens is 384 g/mol. The van der Waals surface area contributed by atoms with Crippen molar-refractivity contribution in [1.29, 1.82) is 0 Å². The Labute approximate surface area is 167 Å². The van der Waals surface area contributed by atoms with E-state index in [2.05, 4.69) is 5.32 Å². The van der Waals surface area contributed by atoms with Crippen LogP contribution in [0.3, 0.4) is 0 Å². The molecule has 0 bridgehead atoms. The van der Waals surface area contributed by atoms with Crippen LogP contribution >= 0.6 is 11.6 Å². The van der Waals surface area contributed by atoms with Crippen LogP contribution in [0.4, 0.5) is 14.5 Å². The van der Waals surface area contributed by atoms with Gasteiger partial charge in [-0.25, -0.2) is 8.78 Å². The Morgan fingerprint density at radius 3 is 2.43 bits per heavy atom. The molecule has 3 nitrogen and oxygen atoms in total. The molecule has 0 amide bonds. The van der Waals surface area contributed by atoms with Crippen LogP contribution in [0, 0.1) is 11.6 Å². The molecular formula is C22H20ClF2NO2. The first-order chi connectivity index (χ1) is 13.6. The zero-order chi connectivity index (χ0) is 19.9. The molecule has 1 N–H and O–H groups in total. The summed E-state index contributed by atoms with van der Waals surface area (Å²) in [5.74, 6) is 0.236. The molecule has 6 heteroatoms. The standard InChI is InChI=1S/C22H20ClF2NO2/c1-2-27-21-12-15(13-26-18-9-7-17(24)8-10-18)11-19(23)22(21)28-14-16-5-3-4-6-20(16)25/h3-12,26H,2,13-14H2,1H3. The van der Waals surface area contributed by atoms with Gasteiger partial charge in [0, 0.05) is 17.8 Å². The van der Waals surface area contributed by atoms with Gasteiger partial charge in [-0.1, -0.05) is 29.8 Å². The molecule has 0 saturated heterocycles. The zero-order valence-corrected chi connectivity index (χ0v) is 16.1. The highest BCUT2D eigenvalue weighted by molar-refractivity contribution is 6.32. The first-order valence-corrected chi connectivity index (χ1v) is 9.25. The average molecular weight is 404 g/mol. The Hall–Kier alpha value is -2.79. The number of nitrogens with one attached hydrogen (secondary N) is 1. The second-order valence-corrected chi connectivity index (χ2v) is 6.49. The largest absolute Gasteiger partial charge is 0.490 e. The van der Waals surface area contributed by atoms with E-state index in [1.807, 2.05) is 13.0 Å². The molecule has 0 radical (unpaired) electrons. The van der Waals surface area contributed by atoms with E-state index in [0.29, 0.717) is 35.2 Å². The fourth-order valence-corrected chi connectivity index (χ4v) is 2.95. The summed E-state index contributed by atoms with van der Waals surface area (Å²) < 4.78 is 38.2. The quantitative estimate of drug-likeness (QED) is 0.485. The molecule has 0 saturated carbocycles. The summed E-state index contributed by atoms with van der Waals surface area (Å²) in [5, 5.41) is 3.57. The number of halogens is 3. The van der Waals surface area contributed by atoms with Crippen LogP contribution in [0.1, 0.15) is 18.1 Å². The summed E-state index contributed by atoms with van der Waals surface area (Å²) in [6.07, 6.45) is 0. The van der Waals surface area contributed by atoms with E-state index in [0.717, 1.165) is 11.3 Å². The van der Waals surface area contributed by atoms with Crippen molar-refractivity contribution in [3.05, 3.63) is 88.4 Å². The van der Waals surface area contributed by atoms with E-state index in [9.17, 15) is 8.78 Å². The van der Waals surface area contributed by atoms with Crippen molar-refractivity contribution in [2.45, 2.75) is 20.1 Å². The van der Waals surface area contributed by atoms with Gasteiger partial charge in [-0.05, 0) is 55.0 Å². The van der Waals surface area contributed by atoms with Crippen LogP contribution in [0.25, 0.3) is 0 Å². The maximum absolute atomic E-state index is 13.8. The summed E-state index contributed by atoms with van der Waals surface area (Å²) in [6, 6.07) is 16.1. The molecule has 0 aliphatic carbocycles. The average Bonchev–Trinajstić information content (AvgIpc) is 2.68. The van der Waals surface area contributed by atoms with Gasteiger partial charge in [-0.3, -0.25) is 0 Å². The van der Waals surface area contributed by atoms with Gasteiger partial charge >= 0.3 is 0 Å². The first kappa shape index (κ1) is 20.0. The Kier molecular flexibility index (Phi) is 6.71. The third-order valence-corrected chi connectivity index (χ3v) is 4.32. The predicted octanol–water partition coefficient (Wildman–Crippen LogP) is 6.21. The number of benzene rings is 3. The van der Waals surface area contributed by atoms with Crippen molar-refractivity contribution in [3.63, 3.8) is 0 Å².